The molecule has 1 fully saturated rings. The highest BCUT2D eigenvalue weighted by Crippen LogP contribution is 2.29. The van der Waals surface area contributed by atoms with Gasteiger partial charge in [0.1, 0.15) is 24.2 Å². The first kappa shape index (κ1) is 19.9. The highest BCUT2D eigenvalue weighted by molar-refractivity contribution is 5.99. The van der Waals surface area contributed by atoms with Crippen molar-refractivity contribution in [1.82, 2.24) is 14.9 Å². The molecule has 9 nitrogen and oxygen atoms in total. The zero-order chi connectivity index (χ0) is 21.3. The highest BCUT2D eigenvalue weighted by Gasteiger charge is 2.32. The summed E-state index contributed by atoms with van der Waals surface area (Å²) in [7, 11) is 1.58. The van der Waals surface area contributed by atoms with Gasteiger partial charge in [-0.3, -0.25) is 9.59 Å². The van der Waals surface area contributed by atoms with Crippen molar-refractivity contribution in [2.75, 3.05) is 31.6 Å². The second-order valence-electron chi connectivity index (χ2n) is 7.52. The maximum atomic E-state index is 12.4. The zero-order valence-electron chi connectivity index (χ0n) is 17.0. The summed E-state index contributed by atoms with van der Waals surface area (Å²) in [5.41, 5.74) is 2.06. The molecule has 9 heteroatoms. The quantitative estimate of drug-likeness (QED) is 0.767. The molecule has 0 radical (unpaired) electrons. The first-order chi connectivity index (χ1) is 14.4. The van der Waals surface area contributed by atoms with E-state index in [9.17, 15) is 9.59 Å². The Bertz CT molecular complexity index is 955. The largest absolute Gasteiger partial charge is 0.489 e. The number of ether oxygens (including phenoxy) is 2. The average Bonchev–Trinajstić information content (AvgIpc) is 3.03. The Morgan fingerprint density at radius 3 is 2.70 bits per heavy atom. The van der Waals surface area contributed by atoms with Gasteiger partial charge in [0.15, 0.2) is 0 Å². The maximum absolute atomic E-state index is 12.4. The summed E-state index contributed by atoms with van der Waals surface area (Å²) in [6.45, 7) is 3.42. The first-order valence-electron chi connectivity index (χ1n) is 9.88. The number of aromatic nitrogens is 2. The van der Waals surface area contributed by atoms with Crippen LogP contribution in [0.5, 0.6) is 11.6 Å². The van der Waals surface area contributed by atoms with Gasteiger partial charge < -0.3 is 24.4 Å². The van der Waals surface area contributed by atoms with Crippen LogP contribution in [0.2, 0.25) is 0 Å². The topological polar surface area (TPSA) is 105 Å². The number of hydrogen-bond donors (Lipinski definition) is 1. The number of carbonyl (C=O) groups is 2. The summed E-state index contributed by atoms with van der Waals surface area (Å²) >= 11 is 0. The number of pyridine rings is 2. The van der Waals surface area contributed by atoms with Gasteiger partial charge in [0.05, 0.1) is 31.1 Å². The molecule has 0 spiro atoms. The van der Waals surface area contributed by atoms with Crippen molar-refractivity contribution in [2.45, 2.75) is 32.4 Å². The SMILES string of the molecule is COc1ccc(OC2CCN(c3nc4c(cc3C)C(=O)N(CC(=O)O)C4)CC2)cn1. The molecule has 1 N–H and O–H groups in total. The molecule has 0 aliphatic carbocycles. The van der Waals surface area contributed by atoms with Gasteiger partial charge in [-0.25, -0.2) is 9.97 Å². The molecule has 4 rings (SSSR count). The molecule has 0 saturated carbocycles. The Labute approximate surface area is 174 Å². The molecule has 4 heterocycles. The number of carboxylic acids is 1. The smallest absolute Gasteiger partial charge is 0.323 e. The lowest BCUT2D eigenvalue weighted by molar-refractivity contribution is -0.137. The molecule has 158 valence electrons. The monoisotopic (exact) mass is 412 g/mol. The molecule has 1 saturated heterocycles. The Balaban J connectivity index is 1.40. The van der Waals surface area contributed by atoms with E-state index in [0.29, 0.717) is 17.1 Å². The minimum Gasteiger partial charge on any atom is -0.489 e. The van der Waals surface area contributed by atoms with Crippen molar-refractivity contribution in [3.05, 3.63) is 41.2 Å². The van der Waals surface area contributed by atoms with E-state index in [0.717, 1.165) is 43.1 Å². The number of piperidine rings is 1. The van der Waals surface area contributed by atoms with E-state index in [-0.39, 0.29) is 25.1 Å². The number of carbonyl (C=O) groups excluding carboxylic acids is 1. The van der Waals surface area contributed by atoms with E-state index >= 15 is 0 Å². The predicted molar refractivity (Wildman–Crippen MR) is 108 cm³/mol. The third-order valence-electron chi connectivity index (χ3n) is 5.41. The summed E-state index contributed by atoms with van der Waals surface area (Å²) < 4.78 is 11.1. The molecule has 30 heavy (non-hydrogen) atoms. The maximum Gasteiger partial charge on any atom is 0.323 e. The number of methoxy groups -OCH3 is 1. The third-order valence-corrected chi connectivity index (χ3v) is 5.41. The highest BCUT2D eigenvalue weighted by atomic mass is 16.5. The van der Waals surface area contributed by atoms with E-state index in [2.05, 4.69) is 9.88 Å². The standard InChI is InChI=1S/C21H24N4O5/c1-13-9-16-17(11-25(21(16)28)12-19(26)27)23-20(13)24-7-5-14(6-8-24)30-15-3-4-18(29-2)22-10-15/h3-4,9-10,14H,5-8,11-12H2,1-2H3,(H,26,27). The lowest BCUT2D eigenvalue weighted by Gasteiger charge is -2.33. The van der Waals surface area contributed by atoms with Crippen LogP contribution < -0.4 is 14.4 Å². The molecular formula is C21H24N4O5. The minimum absolute atomic E-state index is 0.0961. The normalized spacial score (nSPS) is 16.5. The van der Waals surface area contributed by atoms with Crippen LogP contribution >= 0.6 is 0 Å². The molecule has 2 aliphatic heterocycles. The van der Waals surface area contributed by atoms with Gasteiger partial charge in [0.25, 0.3) is 5.91 Å². The summed E-state index contributed by atoms with van der Waals surface area (Å²) in [6, 6.07) is 5.45. The van der Waals surface area contributed by atoms with Crippen LogP contribution in [-0.2, 0) is 11.3 Å². The van der Waals surface area contributed by atoms with E-state index < -0.39 is 5.97 Å². The van der Waals surface area contributed by atoms with Gasteiger partial charge >= 0.3 is 5.97 Å². The second-order valence-corrected chi connectivity index (χ2v) is 7.52. The van der Waals surface area contributed by atoms with Crippen molar-refractivity contribution in [2.24, 2.45) is 0 Å². The lowest BCUT2D eigenvalue weighted by atomic mass is 10.1. The summed E-state index contributed by atoms with van der Waals surface area (Å²) in [6.07, 6.45) is 3.44. The van der Waals surface area contributed by atoms with Crippen LogP contribution in [-0.4, -0.2) is 64.7 Å². The van der Waals surface area contributed by atoms with Crippen LogP contribution in [0.3, 0.4) is 0 Å². The van der Waals surface area contributed by atoms with Gasteiger partial charge in [-0.1, -0.05) is 0 Å². The molecular weight excluding hydrogens is 388 g/mol. The van der Waals surface area contributed by atoms with Crippen LogP contribution in [0.25, 0.3) is 0 Å². The number of aryl methyl sites for hydroxylation is 1. The Kier molecular flexibility index (Phi) is 5.43. The fourth-order valence-corrected chi connectivity index (χ4v) is 3.92. The molecule has 0 unspecified atom stereocenters. The molecule has 0 atom stereocenters. The van der Waals surface area contributed by atoms with E-state index in [1.807, 2.05) is 19.1 Å². The summed E-state index contributed by atoms with van der Waals surface area (Å²) in [5.74, 6) is 0.828. The van der Waals surface area contributed by atoms with Crippen molar-refractivity contribution in [3.8, 4) is 11.6 Å². The molecule has 2 aromatic heterocycles. The number of amides is 1. The van der Waals surface area contributed by atoms with Gasteiger partial charge in [-0.15, -0.1) is 0 Å². The average molecular weight is 412 g/mol. The zero-order valence-corrected chi connectivity index (χ0v) is 17.0. The summed E-state index contributed by atoms with van der Waals surface area (Å²) in [5, 5.41) is 9.00. The third kappa shape index (κ3) is 4.00. The molecule has 0 bridgehead atoms. The fourth-order valence-electron chi connectivity index (χ4n) is 3.92. The number of carboxylic acid groups (broad SMARTS) is 1. The number of anilines is 1. The van der Waals surface area contributed by atoms with Crippen molar-refractivity contribution in [3.63, 3.8) is 0 Å². The van der Waals surface area contributed by atoms with Crippen molar-refractivity contribution in [1.29, 1.82) is 0 Å². The van der Waals surface area contributed by atoms with E-state index in [1.165, 1.54) is 4.90 Å². The summed E-state index contributed by atoms with van der Waals surface area (Å²) in [4.78, 5) is 35.8. The van der Waals surface area contributed by atoms with Crippen LogP contribution in [0, 0.1) is 6.92 Å². The minimum atomic E-state index is -1.03. The Morgan fingerprint density at radius 2 is 2.07 bits per heavy atom. The van der Waals surface area contributed by atoms with Crippen molar-refractivity contribution < 1.29 is 24.2 Å². The number of hydrogen-bond acceptors (Lipinski definition) is 7. The van der Waals surface area contributed by atoms with Gasteiger partial charge in [-0.05, 0) is 24.6 Å². The fraction of sp³-hybridized carbons (Fsp3) is 0.429. The van der Waals surface area contributed by atoms with Crippen molar-refractivity contribution >= 4 is 17.7 Å². The molecule has 0 aromatic carbocycles. The number of aliphatic carboxylic acids is 1. The first-order valence-corrected chi connectivity index (χ1v) is 9.88. The Hall–Kier alpha value is -3.36. The van der Waals surface area contributed by atoms with Crippen LogP contribution in [0.4, 0.5) is 5.82 Å². The van der Waals surface area contributed by atoms with Crippen LogP contribution in [0.1, 0.15) is 34.5 Å². The van der Waals surface area contributed by atoms with Gasteiger partial charge in [0, 0.05) is 32.0 Å². The Morgan fingerprint density at radius 1 is 1.30 bits per heavy atom. The van der Waals surface area contributed by atoms with E-state index in [1.54, 1.807) is 19.4 Å². The predicted octanol–water partition coefficient (Wildman–Crippen LogP) is 1.88. The van der Waals surface area contributed by atoms with Gasteiger partial charge in [0.2, 0.25) is 5.88 Å². The number of nitrogens with zero attached hydrogens (tertiary/aromatic N) is 4. The van der Waals surface area contributed by atoms with Gasteiger partial charge in [-0.2, -0.15) is 0 Å². The second kappa shape index (κ2) is 8.17. The number of rotatable bonds is 6. The molecule has 2 aliphatic rings. The van der Waals surface area contributed by atoms with Crippen LogP contribution in [0.15, 0.2) is 24.4 Å². The number of fused-ring (bicyclic) bond motifs is 1. The molecule has 1 amide bonds. The molecule has 2 aromatic rings. The van der Waals surface area contributed by atoms with E-state index in [4.69, 9.17) is 19.6 Å². The lowest BCUT2D eigenvalue weighted by Crippen LogP contribution is -2.39.